The number of halogens is 1. The third-order valence-corrected chi connectivity index (χ3v) is 5.15. The van der Waals surface area contributed by atoms with Gasteiger partial charge in [-0.15, -0.1) is 0 Å². The molecular formula is C13H20BrNO3Si. The molecule has 0 aromatic heterocycles. The first kappa shape index (κ1) is 16.2. The Morgan fingerprint density at radius 2 is 2.05 bits per heavy atom. The van der Waals surface area contributed by atoms with Crippen LogP contribution in [0.1, 0.15) is 10.4 Å². The molecule has 1 rings (SSSR count). The van der Waals surface area contributed by atoms with Gasteiger partial charge in [-0.1, -0.05) is 19.6 Å². The maximum absolute atomic E-state index is 10.9. The first-order valence-electron chi connectivity index (χ1n) is 6.08. The molecule has 2 N–H and O–H groups in total. The average Bonchev–Trinajstić information content (AvgIpc) is 2.31. The highest BCUT2D eigenvalue weighted by molar-refractivity contribution is 9.10. The van der Waals surface area contributed by atoms with Gasteiger partial charge in [-0.25, -0.2) is 0 Å². The van der Waals surface area contributed by atoms with Crippen molar-refractivity contribution in [2.75, 3.05) is 19.1 Å². The Morgan fingerprint density at radius 3 is 2.63 bits per heavy atom. The minimum Gasteiger partial charge on any atom is -0.467 e. The molecule has 0 aliphatic carbocycles. The van der Waals surface area contributed by atoms with Crippen molar-refractivity contribution in [3.8, 4) is 5.75 Å². The average molecular weight is 346 g/mol. The molecule has 1 aromatic rings. The molecule has 106 valence electrons. The highest BCUT2D eigenvalue weighted by Gasteiger charge is 2.12. The first-order valence-corrected chi connectivity index (χ1v) is 10.6. The summed E-state index contributed by atoms with van der Waals surface area (Å²) in [5.74, 6) is 0.538. The Kier molecular flexibility index (Phi) is 6.03. The van der Waals surface area contributed by atoms with Gasteiger partial charge in [-0.05, 0) is 28.0 Å². The minimum atomic E-state index is -1.07. The summed E-state index contributed by atoms with van der Waals surface area (Å²) in [6, 6.07) is 4.40. The topological polar surface area (TPSA) is 61.6 Å². The molecule has 0 atom stereocenters. The van der Waals surface area contributed by atoms with Crippen LogP contribution in [0.15, 0.2) is 16.6 Å². The SMILES string of the molecule is C[Si](C)(C)CCOCOc1cc(N)c(Br)c(C=O)c1. The Bertz CT molecular complexity index is 446. The van der Waals surface area contributed by atoms with Crippen LogP contribution in [-0.4, -0.2) is 27.8 Å². The zero-order chi connectivity index (χ0) is 14.5. The number of anilines is 1. The molecule has 0 fully saturated rings. The second-order valence-corrected chi connectivity index (χ2v) is 11.9. The van der Waals surface area contributed by atoms with Crippen molar-refractivity contribution in [1.82, 2.24) is 0 Å². The van der Waals surface area contributed by atoms with E-state index in [9.17, 15) is 4.79 Å². The number of carbonyl (C=O) groups excluding carboxylic acids is 1. The second-order valence-electron chi connectivity index (χ2n) is 5.51. The summed E-state index contributed by atoms with van der Waals surface area (Å²) in [5, 5.41) is 0. The Morgan fingerprint density at radius 1 is 1.37 bits per heavy atom. The zero-order valence-corrected chi connectivity index (χ0v) is 14.1. The Hall–Kier alpha value is -0.853. The largest absolute Gasteiger partial charge is 0.467 e. The summed E-state index contributed by atoms with van der Waals surface area (Å²) < 4.78 is 11.5. The lowest BCUT2D eigenvalue weighted by Crippen LogP contribution is -2.22. The maximum Gasteiger partial charge on any atom is 0.189 e. The summed E-state index contributed by atoms with van der Waals surface area (Å²) >= 11 is 3.25. The lowest BCUT2D eigenvalue weighted by Gasteiger charge is -2.15. The van der Waals surface area contributed by atoms with E-state index in [1.165, 1.54) is 0 Å². The van der Waals surface area contributed by atoms with Gasteiger partial charge in [0.05, 0.1) is 10.2 Å². The number of ether oxygens (including phenoxy) is 2. The van der Waals surface area contributed by atoms with Crippen molar-refractivity contribution >= 4 is 36.0 Å². The monoisotopic (exact) mass is 345 g/mol. The van der Waals surface area contributed by atoms with Crippen LogP contribution in [0.4, 0.5) is 5.69 Å². The molecular weight excluding hydrogens is 326 g/mol. The molecule has 0 bridgehead atoms. The molecule has 0 radical (unpaired) electrons. The van der Waals surface area contributed by atoms with E-state index in [4.69, 9.17) is 15.2 Å². The fraction of sp³-hybridized carbons (Fsp3) is 0.462. The van der Waals surface area contributed by atoms with Gasteiger partial charge >= 0.3 is 0 Å². The predicted molar refractivity (Wildman–Crippen MR) is 83.5 cm³/mol. The van der Waals surface area contributed by atoms with E-state index in [0.29, 0.717) is 28.1 Å². The van der Waals surface area contributed by atoms with E-state index in [2.05, 4.69) is 35.6 Å². The molecule has 6 heteroatoms. The molecule has 0 aliphatic heterocycles. The highest BCUT2D eigenvalue weighted by atomic mass is 79.9. The molecule has 0 spiro atoms. The first-order chi connectivity index (χ1) is 8.83. The van der Waals surface area contributed by atoms with Crippen LogP contribution < -0.4 is 10.5 Å². The van der Waals surface area contributed by atoms with Gasteiger partial charge in [0.1, 0.15) is 5.75 Å². The van der Waals surface area contributed by atoms with Gasteiger partial charge in [0.25, 0.3) is 0 Å². The molecule has 0 unspecified atom stereocenters. The molecule has 0 heterocycles. The van der Waals surface area contributed by atoms with E-state index >= 15 is 0 Å². The van der Waals surface area contributed by atoms with Crippen LogP contribution in [0.5, 0.6) is 5.75 Å². The lowest BCUT2D eigenvalue weighted by atomic mass is 10.2. The standard InChI is InChI=1S/C13H20BrNO3Si/c1-19(2,3)5-4-17-9-18-11-6-10(8-16)13(14)12(15)7-11/h6-8H,4-5,9,15H2,1-3H3. The van der Waals surface area contributed by atoms with Crippen LogP contribution in [-0.2, 0) is 4.74 Å². The fourth-order valence-electron chi connectivity index (χ4n) is 1.36. The third-order valence-electron chi connectivity index (χ3n) is 2.53. The zero-order valence-electron chi connectivity index (χ0n) is 11.5. The van der Waals surface area contributed by atoms with Crippen molar-refractivity contribution in [2.24, 2.45) is 0 Å². The molecule has 0 amide bonds. The van der Waals surface area contributed by atoms with Gasteiger partial charge in [0, 0.05) is 26.3 Å². The van der Waals surface area contributed by atoms with E-state index < -0.39 is 8.07 Å². The van der Waals surface area contributed by atoms with Crippen molar-refractivity contribution in [1.29, 1.82) is 0 Å². The van der Waals surface area contributed by atoms with E-state index in [0.717, 1.165) is 12.3 Å². The number of rotatable bonds is 7. The van der Waals surface area contributed by atoms with Crippen LogP contribution in [0.25, 0.3) is 0 Å². The van der Waals surface area contributed by atoms with Gasteiger partial charge in [0.2, 0.25) is 0 Å². The molecule has 1 aromatic carbocycles. The number of benzene rings is 1. The summed E-state index contributed by atoms with van der Waals surface area (Å²) in [7, 11) is -1.07. The number of nitrogen functional groups attached to an aromatic ring is 1. The number of carbonyl (C=O) groups is 1. The molecule has 0 aliphatic rings. The highest BCUT2D eigenvalue weighted by Crippen LogP contribution is 2.28. The van der Waals surface area contributed by atoms with Gasteiger partial charge in [0.15, 0.2) is 13.1 Å². The van der Waals surface area contributed by atoms with Gasteiger partial charge < -0.3 is 15.2 Å². The molecule has 0 saturated carbocycles. The van der Waals surface area contributed by atoms with Gasteiger partial charge in [-0.3, -0.25) is 4.79 Å². The molecule has 0 saturated heterocycles. The van der Waals surface area contributed by atoms with Crippen LogP contribution >= 0.6 is 15.9 Å². The number of aldehydes is 1. The van der Waals surface area contributed by atoms with Crippen LogP contribution in [0.2, 0.25) is 25.7 Å². The predicted octanol–water partition coefficient (Wildman–Crippen LogP) is 3.53. The van der Waals surface area contributed by atoms with E-state index in [1.54, 1.807) is 12.1 Å². The van der Waals surface area contributed by atoms with Gasteiger partial charge in [-0.2, -0.15) is 0 Å². The fourth-order valence-corrected chi connectivity index (χ4v) is 2.44. The van der Waals surface area contributed by atoms with Crippen LogP contribution in [0, 0.1) is 0 Å². The summed E-state index contributed by atoms with van der Waals surface area (Å²) in [4.78, 5) is 10.9. The second kappa shape index (κ2) is 7.07. The Balaban J connectivity index is 2.46. The van der Waals surface area contributed by atoms with Crippen LogP contribution in [0.3, 0.4) is 0 Å². The van der Waals surface area contributed by atoms with Crippen molar-refractivity contribution in [3.63, 3.8) is 0 Å². The normalized spacial score (nSPS) is 11.4. The third kappa shape index (κ3) is 5.75. The summed E-state index contributed by atoms with van der Waals surface area (Å²) in [6.45, 7) is 7.75. The van der Waals surface area contributed by atoms with E-state index in [-0.39, 0.29) is 6.79 Å². The summed E-state index contributed by atoms with van der Waals surface area (Å²) in [5.41, 5.74) is 6.71. The van der Waals surface area contributed by atoms with E-state index in [1.807, 2.05) is 0 Å². The quantitative estimate of drug-likeness (QED) is 0.270. The maximum atomic E-state index is 10.9. The number of hydrogen-bond donors (Lipinski definition) is 1. The molecule has 4 nitrogen and oxygen atoms in total. The lowest BCUT2D eigenvalue weighted by molar-refractivity contribution is 0.0220. The molecule has 19 heavy (non-hydrogen) atoms. The number of hydrogen-bond acceptors (Lipinski definition) is 4. The minimum absolute atomic E-state index is 0.170. The van der Waals surface area contributed by atoms with Crippen molar-refractivity contribution < 1.29 is 14.3 Å². The van der Waals surface area contributed by atoms with Crippen molar-refractivity contribution in [2.45, 2.75) is 25.7 Å². The number of nitrogens with two attached hydrogens (primary N) is 1. The van der Waals surface area contributed by atoms with Crippen molar-refractivity contribution in [3.05, 3.63) is 22.2 Å². The summed E-state index contributed by atoms with van der Waals surface area (Å²) in [6.07, 6.45) is 0.735. The Labute approximate surface area is 123 Å². The smallest absolute Gasteiger partial charge is 0.189 e.